The normalized spacial score (nSPS) is 23.8. The van der Waals surface area contributed by atoms with Gasteiger partial charge >= 0.3 is 0 Å². The first-order valence-electron chi connectivity index (χ1n) is 12.3. The molecule has 2 aliphatic carbocycles. The van der Waals surface area contributed by atoms with Crippen LogP contribution in [0, 0.1) is 18.8 Å². The Kier molecular flexibility index (Phi) is 7.26. The minimum absolute atomic E-state index is 0.160. The van der Waals surface area contributed by atoms with Gasteiger partial charge in [-0.15, -0.1) is 0 Å². The van der Waals surface area contributed by atoms with Crippen molar-refractivity contribution in [3.8, 4) is 0 Å². The van der Waals surface area contributed by atoms with Gasteiger partial charge in [0.05, 0.1) is 0 Å². The molecule has 0 aliphatic heterocycles. The van der Waals surface area contributed by atoms with Crippen molar-refractivity contribution in [1.82, 2.24) is 4.90 Å². The molecule has 1 saturated carbocycles. The molecule has 5 heteroatoms. The largest absolute Gasteiger partial charge is 0.370 e. The summed E-state index contributed by atoms with van der Waals surface area (Å²) in [5.74, 6) is 1.36. The fourth-order valence-electron chi connectivity index (χ4n) is 5.73. The van der Waals surface area contributed by atoms with Crippen molar-refractivity contribution in [1.29, 1.82) is 0 Å². The van der Waals surface area contributed by atoms with E-state index in [4.69, 9.17) is 11.5 Å². The van der Waals surface area contributed by atoms with E-state index < -0.39 is 0 Å². The van der Waals surface area contributed by atoms with Gasteiger partial charge in [-0.3, -0.25) is 9.79 Å². The molecule has 0 saturated heterocycles. The van der Waals surface area contributed by atoms with Crippen molar-refractivity contribution in [2.75, 3.05) is 13.1 Å². The number of aliphatic imine (C=N–C) groups is 1. The van der Waals surface area contributed by atoms with Crippen molar-refractivity contribution in [3.63, 3.8) is 0 Å². The van der Waals surface area contributed by atoms with Crippen LogP contribution in [0.15, 0.2) is 17.1 Å². The summed E-state index contributed by atoms with van der Waals surface area (Å²) in [5, 5.41) is 0. The molecule has 0 spiro atoms. The van der Waals surface area contributed by atoms with E-state index in [1.54, 1.807) is 6.92 Å². The number of guanidine groups is 1. The number of carbonyl (C=O) groups is 1. The first kappa shape index (κ1) is 24.6. The van der Waals surface area contributed by atoms with Crippen molar-refractivity contribution < 1.29 is 4.79 Å². The Morgan fingerprint density at radius 2 is 1.66 bits per heavy atom. The summed E-state index contributed by atoms with van der Waals surface area (Å²) in [6.45, 7) is 15.6. The number of hydrogen-bond acceptors (Lipinski definition) is 2. The standard InChI is InChI=1S/C27H44N4O/c1-18-12-23-24(27(5,6)11-10-26(23,3)4)14-22(18)17-31(19(2)32)16-21-9-7-8-20(13-21)15-30-25(28)29/h12,14,20-21H,7-11,13,15-17H2,1-6H3,(H4,28,29,30). The number of carbonyl (C=O) groups excluding carboxylic acids is 1. The molecule has 2 aliphatic rings. The van der Waals surface area contributed by atoms with Gasteiger partial charge in [0, 0.05) is 26.6 Å². The third kappa shape index (κ3) is 5.65. The number of aryl methyl sites for hydroxylation is 1. The van der Waals surface area contributed by atoms with Crippen LogP contribution in [0.3, 0.4) is 0 Å². The van der Waals surface area contributed by atoms with Crippen LogP contribution in [0.1, 0.15) is 95.4 Å². The lowest BCUT2D eigenvalue weighted by Crippen LogP contribution is -2.37. The molecular weight excluding hydrogens is 396 g/mol. The topological polar surface area (TPSA) is 84.7 Å². The first-order chi connectivity index (χ1) is 14.9. The summed E-state index contributed by atoms with van der Waals surface area (Å²) in [4.78, 5) is 18.9. The van der Waals surface area contributed by atoms with Gasteiger partial charge in [0.2, 0.25) is 5.91 Å². The summed E-state index contributed by atoms with van der Waals surface area (Å²) in [6.07, 6.45) is 7.03. The van der Waals surface area contributed by atoms with Crippen LogP contribution in [0.4, 0.5) is 0 Å². The summed E-state index contributed by atoms with van der Waals surface area (Å²) in [6, 6.07) is 4.81. The van der Waals surface area contributed by atoms with Crippen molar-refractivity contribution >= 4 is 11.9 Å². The third-order valence-corrected chi connectivity index (χ3v) is 8.02. The van der Waals surface area contributed by atoms with E-state index in [-0.39, 0.29) is 22.7 Å². The number of benzene rings is 1. The van der Waals surface area contributed by atoms with Crippen molar-refractivity contribution in [3.05, 3.63) is 34.4 Å². The minimum Gasteiger partial charge on any atom is -0.370 e. The first-order valence-corrected chi connectivity index (χ1v) is 12.3. The monoisotopic (exact) mass is 440 g/mol. The molecule has 5 nitrogen and oxygen atoms in total. The maximum Gasteiger partial charge on any atom is 0.219 e. The van der Waals surface area contributed by atoms with Crippen LogP contribution in [-0.2, 0) is 22.2 Å². The molecule has 1 fully saturated rings. The molecular formula is C27H44N4O. The Balaban J connectivity index is 1.78. The molecule has 1 aromatic carbocycles. The molecule has 1 amide bonds. The highest BCUT2D eigenvalue weighted by atomic mass is 16.2. The SMILES string of the molecule is CC(=O)N(Cc1cc2c(cc1C)C(C)(C)CCC2(C)C)CC1CCCC(CN=C(N)N)C1. The molecule has 32 heavy (non-hydrogen) atoms. The second-order valence-corrected chi connectivity index (χ2v) is 11.7. The number of amides is 1. The zero-order chi connectivity index (χ0) is 23.7. The molecule has 2 unspecified atom stereocenters. The molecule has 2 atom stereocenters. The van der Waals surface area contributed by atoms with Crippen molar-refractivity contribution in [2.24, 2.45) is 28.3 Å². The quantitative estimate of drug-likeness (QED) is 0.493. The number of nitrogens with two attached hydrogens (primary N) is 2. The number of hydrogen-bond donors (Lipinski definition) is 2. The summed E-state index contributed by atoms with van der Waals surface area (Å²) < 4.78 is 0. The van der Waals surface area contributed by atoms with E-state index in [9.17, 15) is 4.79 Å². The summed E-state index contributed by atoms with van der Waals surface area (Å²) in [7, 11) is 0. The van der Waals surface area contributed by atoms with Crippen molar-refractivity contribution in [2.45, 2.75) is 97.4 Å². The Labute approximate surface area is 195 Å². The van der Waals surface area contributed by atoms with Gasteiger partial charge in [0.1, 0.15) is 0 Å². The van der Waals surface area contributed by atoms with Gasteiger partial charge in [-0.05, 0) is 83.9 Å². The van der Waals surface area contributed by atoms with E-state index in [1.807, 2.05) is 0 Å². The maximum absolute atomic E-state index is 12.6. The zero-order valence-electron chi connectivity index (χ0n) is 21.1. The number of rotatable bonds is 6. The minimum atomic E-state index is 0.160. The van der Waals surface area contributed by atoms with E-state index in [1.165, 1.54) is 54.4 Å². The maximum atomic E-state index is 12.6. The van der Waals surface area contributed by atoms with Gasteiger partial charge in [-0.1, -0.05) is 46.2 Å². The van der Waals surface area contributed by atoms with Crippen LogP contribution in [0.2, 0.25) is 0 Å². The van der Waals surface area contributed by atoms with Crippen LogP contribution < -0.4 is 11.5 Å². The van der Waals surface area contributed by atoms with Crippen LogP contribution in [-0.4, -0.2) is 29.9 Å². The molecule has 3 rings (SSSR count). The highest BCUT2D eigenvalue weighted by Gasteiger charge is 2.37. The molecule has 0 radical (unpaired) electrons. The molecule has 4 N–H and O–H groups in total. The predicted octanol–water partition coefficient (Wildman–Crippen LogP) is 4.77. The second kappa shape index (κ2) is 9.44. The summed E-state index contributed by atoms with van der Waals surface area (Å²) >= 11 is 0. The Morgan fingerprint density at radius 3 is 2.25 bits per heavy atom. The average molecular weight is 441 g/mol. The van der Waals surface area contributed by atoms with E-state index >= 15 is 0 Å². The Hall–Kier alpha value is -2.04. The molecule has 1 aromatic rings. The lowest BCUT2D eigenvalue weighted by Gasteiger charge is -2.42. The molecule has 178 valence electrons. The zero-order valence-corrected chi connectivity index (χ0v) is 21.1. The van der Waals surface area contributed by atoms with Crippen LogP contribution in [0.5, 0.6) is 0 Å². The highest BCUT2D eigenvalue weighted by molar-refractivity contribution is 5.75. The smallest absolute Gasteiger partial charge is 0.219 e. The lowest BCUT2D eigenvalue weighted by molar-refractivity contribution is -0.130. The second-order valence-electron chi connectivity index (χ2n) is 11.7. The predicted molar refractivity (Wildman–Crippen MR) is 134 cm³/mol. The Morgan fingerprint density at radius 1 is 1.06 bits per heavy atom. The fourth-order valence-corrected chi connectivity index (χ4v) is 5.73. The van der Waals surface area contributed by atoms with E-state index in [0.29, 0.717) is 24.9 Å². The number of fused-ring (bicyclic) bond motifs is 1. The van der Waals surface area contributed by atoms with E-state index in [0.717, 1.165) is 13.0 Å². The van der Waals surface area contributed by atoms with Crippen LogP contribution >= 0.6 is 0 Å². The lowest BCUT2D eigenvalue weighted by atomic mass is 9.62. The molecule has 0 heterocycles. The number of nitrogens with zero attached hydrogens (tertiary/aromatic N) is 2. The summed E-state index contributed by atoms with van der Waals surface area (Å²) in [5.41, 5.74) is 17.0. The van der Waals surface area contributed by atoms with Gasteiger partial charge in [-0.2, -0.15) is 0 Å². The van der Waals surface area contributed by atoms with Gasteiger partial charge in [0.25, 0.3) is 0 Å². The molecule has 0 aromatic heterocycles. The highest BCUT2D eigenvalue weighted by Crippen LogP contribution is 2.46. The third-order valence-electron chi connectivity index (χ3n) is 8.02. The average Bonchev–Trinajstić information content (AvgIpc) is 2.70. The fraction of sp³-hybridized carbons (Fsp3) is 0.704. The van der Waals surface area contributed by atoms with Crippen LogP contribution in [0.25, 0.3) is 0 Å². The van der Waals surface area contributed by atoms with Gasteiger partial charge in [0.15, 0.2) is 5.96 Å². The molecule has 0 bridgehead atoms. The van der Waals surface area contributed by atoms with E-state index in [2.05, 4.69) is 56.6 Å². The van der Waals surface area contributed by atoms with Gasteiger partial charge in [-0.25, -0.2) is 0 Å². The van der Waals surface area contributed by atoms with Gasteiger partial charge < -0.3 is 16.4 Å². The Bertz CT molecular complexity index is 867.